The normalized spacial score (nSPS) is 12.2. The number of carbonyl (C=O) groups is 1. The first-order valence-electron chi connectivity index (χ1n) is 7.62. The van der Waals surface area contributed by atoms with E-state index in [2.05, 4.69) is 5.32 Å². The van der Waals surface area contributed by atoms with Crippen molar-refractivity contribution in [1.29, 1.82) is 0 Å². The number of benzene rings is 2. The molecular formula is C16H13N3O8. The summed E-state index contributed by atoms with van der Waals surface area (Å²) in [6.45, 7) is 0.743. The number of rotatable bonds is 5. The zero-order chi connectivity index (χ0) is 19.6. The second-order valence-corrected chi connectivity index (χ2v) is 5.37. The number of hydrogen-bond acceptors (Lipinski definition) is 8. The second kappa shape index (κ2) is 7.15. The van der Waals surface area contributed by atoms with Crippen molar-refractivity contribution >= 4 is 23.0 Å². The van der Waals surface area contributed by atoms with Crippen molar-refractivity contribution in [2.75, 3.05) is 25.6 Å². The number of nitrogens with one attached hydrogen (secondary N) is 1. The topological polar surface area (TPSA) is 143 Å². The van der Waals surface area contributed by atoms with Crippen LogP contribution in [0.1, 0.15) is 10.4 Å². The molecule has 3 rings (SSSR count). The van der Waals surface area contributed by atoms with Crippen molar-refractivity contribution in [3.05, 3.63) is 56.1 Å². The molecule has 11 heteroatoms. The summed E-state index contributed by atoms with van der Waals surface area (Å²) in [5.74, 6) is -0.239. The Bertz CT molecular complexity index is 908. The van der Waals surface area contributed by atoms with Gasteiger partial charge in [-0.25, -0.2) is 0 Å². The summed E-state index contributed by atoms with van der Waals surface area (Å²) in [4.78, 5) is 33.2. The molecule has 0 saturated carbocycles. The lowest BCUT2D eigenvalue weighted by atomic mass is 10.1. The fraction of sp³-hybridized carbons (Fsp3) is 0.188. The molecule has 0 radical (unpaired) electrons. The molecule has 0 bridgehead atoms. The van der Waals surface area contributed by atoms with Crippen LogP contribution in [0.2, 0.25) is 0 Å². The molecule has 1 aliphatic rings. The van der Waals surface area contributed by atoms with E-state index < -0.39 is 32.9 Å². The molecule has 0 atom stereocenters. The Labute approximate surface area is 151 Å². The van der Waals surface area contributed by atoms with Gasteiger partial charge in [-0.1, -0.05) is 0 Å². The van der Waals surface area contributed by atoms with Gasteiger partial charge in [0.05, 0.1) is 22.6 Å². The maximum atomic E-state index is 12.4. The van der Waals surface area contributed by atoms with E-state index in [1.54, 1.807) is 6.07 Å². The van der Waals surface area contributed by atoms with E-state index in [1.807, 2.05) is 0 Å². The minimum absolute atomic E-state index is 0.117. The zero-order valence-electron chi connectivity index (χ0n) is 14.0. The minimum atomic E-state index is -0.828. The molecule has 2 aromatic carbocycles. The van der Waals surface area contributed by atoms with Crippen molar-refractivity contribution in [3.63, 3.8) is 0 Å². The summed E-state index contributed by atoms with van der Waals surface area (Å²) < 4.78 is 15.5. The van der Waals surface area contributed by atoms with E-state index in [9.17, 15) is 25.0 Å². The molecule has 0 aliphatic carbocycles. The molecule has 11 nitrogen and oxygen atoms in total. The van der Waals surface area contributed by atoms with Gasteiger partial charge in [0.25, 0.3) is 11.7 Å². The van der Waals surface area contributed by atoms with Crippen molar-refractivity contribution < 1.29 is 28.9 Å². The third-order valence-electron chi connectivity index (χ3n) is 3.71. The maximum absolute atomic E-state index is 12.4. The van der Waals surface area contributed by atoms with Gasteiger partial charge in [-0.05, 0) is 18.2 Å². The lowest BCUT2D eigenvalue weighted by molar-refractivity contribution is -0.395. The van der Waals surface area contributed by atoms with Crippen LogP contribution >= 0.6 is 0 Å². The van der Waals surface area contributed by atoms with E-state index in [0.29, 0.717) is 24.7 Å². The van der Waals surface area contributed by atoms with Gasteiger partial charge < -0.3 is 19.5 Å². The lowest BCUT2D eigenvalue weighted by Crippen LogP contribution is -2.17. The van der Waals surface area contributed by atoms with E-state index in [1.165, 1.54) is 12.1 Å². The first kappa shape index (κ1) is 17.9. The highest BCUT2D eigenvalue weighted by molar-refractivity contribution is 6.05. The van der Waals surface area contributed by atoms with E-state index in [-0.39, 0.29) is 11.3 Å². The van der Waals surface area contributed by atoms with Crippen LogP contribution in [0.15, 0.2) is 30.3 Å². The monoisotopic (exact) mass is 375 g/mol. The molecule has 1 N–H and O–H groups in total. The Hall–Kier alpha value is -3.89. The highest BCUT2D eigenvalue weighted by atomic mass is 16.6. The van der Waals surface area contributed by atoms with Gasteiger partial charge in [0.1, 0.15) is 13.2 Å². The molecule has 27 heavy (non-hydrogen) atoms. The zero-order valence-corrected chi connectivity index (χ0v) is 14.0. The molecule has 1 heterocycles. The number of amides is 1. The molecule has 0 unspecified atom stereocenters. The molecule has 0 saturated heterocycles. The van der Waals surface area contributed by atoms with Crippen LogP contribution in [0.25, 0.3) is 0 Å². The number of fused-ring (bicyclic) bond motifs is 1. The number of nitro benzene ring substituents is 2. The average Bonchev–Trinajstić information content (AvgIpc) is 2.66. The molecule has 0 spiro atoms. The molecule has 1 amide bonds. The Morgan fingerprint density at radius 2 is 1.63 bits per heavy atom. The Balaban J connectivity index is 1.94. The quantitative estimate of drug-likeness (QED) is 0.620. The summed E-state index contributed by atoms with van der Waals surface area (Å²) in [6.07, 6.45) is 0. The molecular weight excluding hydrogens is 362 g/mol. The SMILES string of the molecule is COc1c([N+](=O)[O-])cc(NC(=O)c2ccc3c(c2)OCCO3)cc1[N+](=O)[O-]. The van der Waals surface area contributed by atoms with Crippen LogP contribution in [0.5, 0.6) is 17.2 Å². The highest BCUT2D eigenvalue weighted by Gasteiger charge is 2.28. The number of methoxy groups -OCH3 is 1. The predicted molar refractivity (Wildman–Crippen MR) is 91.7 cm³/mol. The first-order valence-corrected chi connectivity index (χ1v) is 7.62. The van der Waals surface area contributed by atoms with Crippen LogP contribution in [0, 0.1) is 20.2 Å². The number of nitrogens with zero attached hydrogens (tertiary/aromatic N) is 2. The summed E-state index contributed by atoms with van der Waals surface area (Å²) in [5, 5.41) is 24.8. The van der Waals surface area contributed by atoms with Gasteiger partial charge in [-0.3, -0.25) is 25.0 Å². The van der Waals surface area contributed by atoms with Crippen LogP contribution in [0.3, 0.4) is 0 Å². The van der Waals surface area contributed by atoms with Gasteiger partial charge >= 0.3 is 11.4 Å². The molecule has 0 aromatic heterocycles. The first-order chi connectivity index (χ1) is 12.9. The highest BCUT2D eigenvalue weighted by Crippen LogP contribution is 2.39. The summed E-state index contributed by atoms with van der Waals surface area (Å²) in [7, 11) is 1.09. The fourth-order valence-corrected chi connectivity index (χ4v) is 2.54. The van der Waals surface area contributed by atoms with Crippen LogP contribution < -0.4 is 19.5 Å². The number of carbonyl (C=O) groups excluding carboxylic acids is 1. The summed E-state index contributed by atoms with van der Waals surface area (Å²) in [6, 6.07) is 6.47. The minimum Gasteiger partial charge on any atom is -0.486 e. The molecule has 1 aliphatic heterocycles. The van der Waals surface area contributed by atoms with Gasteiger partial charge in [0, 0.05) is 17.7 Å². The molecule has 140 valence electrons. The van der Waals surface area contributed by atoms with Gasteiger partial charge in [-0.2, -0.15) is 0 Å². The standard InChI is InChI=1S/C16H13N3O8/c1-25-15-11(18(21)22)7-10(8-12(15)19(23)24)17-16(20)9-2-3-13-14(6-9)27-5-4-26-13/h2-3,6-8H,4-5H2,1H3,(H,17,20). The van der Waals surface area contributed by atoms with Crippen molar-refractivity contribution in [2.24, 2.45) is 0 Å². The van der Waals surface area contributed by atoms with E-state index in [4.69, 9.17) is 14.2 Å². The predicted octanol–water partition coefficient (Wildman–Crippen LogP) is 2.54. The van der Waals surface area contributed by atoms with Crippen LogP contribution in [-0.2, 0) is 0 Å². The number of nitro groups is 2. The molecule has 2 aromatic rings. The second-order valence-electron chi connectivity index (χ2n) is 5.37. The van der Waals surface area contributed by atoms with Gasteiger partial charge in [-0.15, -0.1) is 0 Å². The van der Waals surface area contributed by atoms with E-state index in [0.717, 1.165) is 19.2 Å². The largest absolute Gasteiger partial charge is 0.486 e. The Morgan fingerprint density at radius 3 is 2.19 bits per heavy atom. The smallest absolute Gasteiger partial charge is 0.320 e. The number of hydrogen-bond donors (Lipinski definition) is 1. The lowest BCUT2D eigenvalue weighted by Gasteiger charge is -2.18. The van der Waals surface area contributed by atoms with Crippen molar-refractivity contribution in [2.45, 2.75) is 0 Å². The molecule has 0 fully saturated rings. The Kier molecular flexibility index (Phi) is 4.75. The van der Waals surface area contributed by atoms with Crippen molar-refractivity contribution in [3.8, 4) is 17.2 Å². The maximum Gasteiger partial charge on any atom is 0.320 e. The van der Waals surface area contributed by atoms with Gasteiger partial charge in [0.15, 0.2) is 11.5 Å². The van der Waals surface area contributed by atoms with Crippen molar-refractivity contribution in [1.82, 2.24) is 0 Å². The third kappa shape index (κ3) is 3.56. The van der Waals surface area contributed by atoms with E-state index >= 15 is 0 Å². The number of ether oxygens (including phenoxy) is 3. The average molecular weight is 375 g/mol. The fourth-order valence-electron chi connectivity index (χ4n) is 2.54. The summed E-state index contributed by atoms with van der Waals surface area (Å²) in [5.41, 5.74) is -1.19. The van der Waals surface area contributed by atoms with Crippen LogP contribution in [-0.4, -0.2) is 36.1 Å². The summed E-state index contributed by atoms with van der Waals surface area (Å²) >= 11 is 0. The third-order valence-corrected chi connectivity index (χ3v) is 3.71. The number of anilines is 1. The Morgan fingerprint density at radius 1 is 1.04 bits per heavy atom. The van der Waals surface area contributed by atoms with Gasteiger partial charge in [0.2, 0.25) is 0 Å². The van der Waals surface area contributed by atoms with Crippen LogP contribution in [0.4, 0.5) is 17.1 Å².